The molecule has 0 saturated carbocycles. The molecule has 0 spiro atoms. The summed E-state index contributed by atoms with van der Waals surface area (Å²) in [5.41, 5.74) is 0. The van der Waals surface area contributed by atoms with Gasteiger partial charge in [0.1, 0.15) is 6.04 Å². The van der Waals surface area contributed by atoms with Gasteiger partial charge in [0.15, 0.2) is 5.12 Å². The van der Waals surface area contributed by atoms with Gasteiger partial charge in [-0.1, -0.05) is 25.6 Å². The van der Waals surface area contributed by atoms with Crippen LogP contribution in [-0.4, -0.2) is 41.0 Å². The molecule has 5 nitrogen and oxygen atoms in total. The van der Waals surface area contributed by atoms with Crippen molar-refractivity contribution >= 4 is 41.3 Å². The summed E-state index contributed by atoms with van der Waals surface area (Å²) < 4.78 is 0. The molecule has 0 aliphatic heterocycles. The first-order valence-electron chi connectivity index (χ1n) is 5.70. The number of carbonyl (C=O) groups excluding carboxylic acids is 3. The summed E-state index contributed by atoms with van der Waals surface area (Å²) in [6.07, 6.45) is 0. The van der Waals surface area contributed by atoms with Crippen molar-refractivity contribution in [2.75, 3.05) is 18.1 Å². The Balaban J connectivity index is 3.88. The molecule has 0 rings (SSSR count). The minimum absolute atomic E-state index is 0.00438. The Hall–Kier alpha value is -0.690. The smallest absolute Gasteiger partial charge is 0.243 e. The van der Waals surface area contributed by atoms with E-state index in [4.69, 9.17) is 0 Å². The average Bonchev–Trinajstić information content (AvgIpc) is 2.30. The summed E-state index contributed by atoms with van der Waals surface area (Å²) in [4.78, 5) is 33.8. The van der Waals surface area contributed by atoms with Crippen LogP contribution in [-0.2, 0) is 14.4 Å². The monoisotopic (exact) mass is 292 g/mol. The summed E-state index contributed by atoms with van der Waals surface area (Å²) in [6, 6.07) is -0.628. The summed E-state index contributed by atoms with van der Waals surface area (Å²) in [7, 11) is 0. The highest BCUT2D eigenvalue weighted by Gasteiger charge is 2.17. The molecular formula is C11H20N2O3S2. The lowest BCUT2D eigenvalue weighted by Crippen LogP contribution is -2.47. The van der Waals surface area contributed by atoms with E-state index in [1.807, 2.05) is 13.8 Å². The van der Waals surface area contributed by atoms with Gasteiger partial charge in [-0.15, -0.1) is 0 Å². The second kappa shape index (κ2) is 9.27. The van der Waals surface area contributed by atoms with Gasteiger partial charge in [0.2, 0.25) is 11.8 Å². The predicted octanol–water partition coefficient (Wildman–Crippen LogP) is 0.453. The van der Waals surface area contributed by atoms with E-state index in [0.29, 0.717) is 12.3 Å². The van der Waals surface area contributed by atoms with Crippen LogP contribution < -0.4 is 10.6 Å². The Kier molecular flexibility index (Phi) is 8.91. The third kappa shape index (κ3) is 7.60. The predicted molar refractivity (Wildman–Crippen MR) is 76.8 cm³/mol. The first-order chi connectivity index (χ1) is 8.38. The van der Waals surface area contributed by atoms with Crippen molar-refractivity contribution in [2.45, 2.75) is 26.8 Å². The molecule has 7 heteroatoms. The summed E-state index contributed by atoms with van der Waals surface area (Å²) >= 11 is 5.20. The highest BCUT2D eigenvalue weighted by atomic mass is 32.2. The zero-order valence-corrected chi connectivity index (χ0v) is 12.6. The molecule has 0 unspecified atom stereocenters. The third-order valence-corrected chi connectivity index (χ3v) is 3.52. The zero-order valence-electron chi connectivity index (χ0n) is 10.9. The number of nitrogens with one attached hydrogen (secondary N) is 2. The van der Waals surface area contributed by atoms with Crippen LogP contribution in [0.15, 0.2) is 0 Å². The highest BCUT2D eigenvalue weighted by Crippen LogP contribution is 2.08. The molecule has 2 N–H and O–H groups in total. The van der Waals surface area contributed by atoms with Crippen LogP contribution in [0.4, 0.5) is 0 Å². The van der Waals surface area contributed by atoms with Crippen molar-refractivity contribution in [2.24, 2.45) is 5.92 Å². The molecule has 0 heterocycles. The molecule has 0 fully saturated rings. The van der Waals surface area contributed by atoms with Gasteiger partial charge in [-0.05, 0) is 0 Å². The molecule has 104 valence electrons. The van der Waals surface area contributed by atoms with Gasteiger partial charge in [0.25, 0.3) is 0 Å². The van der Waals surface area contributed by atoms with Crippen LogP contribution >= 0.6 is 24.4 Å². The summed E-state index contributed by atoms with van der Waals surface area (Å²) in [6.45, 7) is 5.41. The number of thiol groups is 1. The van der Waals surface area contributed by atoms with Crippen molar-refractivity contribution in [3.8, 4) is 0 Å². The Morgan fingerprint density at radius 2 is 1.89 bits per heavy atom. The lowest BCUT2D eigenvalue weighted by Gasteiger charge is -2.15. The van der Waals surface area contributed by atoms with Gasteiger partial charge in [0, 0.05) is 30.9 Å². The van der Waals surface area contributed by atoms with Gasteiger partial charge in [-0.25, -0.2) is 0 Å². The normalized spacial score (nSPS) is 12.1. The van der Waals surface area contributed by atoms with Crippen molar-refractivity contribution in [3.05, 3.63) is 0 Å². The van der Waals surface area contributed by atoms with E-state index in [9.17, 15) is 14.4 Å². The maximum absolute atomic E-state index is 11.6. The fraction of sp³-hybridized carbons (Fsp3) is 0.727. The molecule has 0 bridgehead atoms. The van der Waals surface area contributed by atoms with Crippen molar-refractivity contribution < 1.29 is 14.4 Å². The van der Waals surface area contributed by atoms with Crippen molar-refractivity contribution in [1.82, 2.24) is 10.6 Å². The van der Waals surface area contributed by atoms with Crippen LogP contribution in [0.3, 0.4) is 0 Å². The number of thioether (sulfide) groups is 1. The number of carbonyl (C=O) groups is 3. The Labute approximate surface area is 117 Å². The minimum Gasteiger partial charge on any atom is -0.353 e. The molecular weight excluding hydrogens is 272 g/mol. The molecule has 0 saturated heterocycles. The van der Waals surface area contributed by atoms with E-state index in [2.05, 4.69) is 23.3 Å². The third-order valence-electron chi connectivity index (χ3n) is 1.99. The Bertz CT molecular complexity index is 309. The average molecular weight is 292 g/mol. The molecule has 0 aromatic rings. The quantitative estimate of drug-likeness (QED) is 0.470. The summed E-state index contributed by atoms with van der Waals surface area (Å²) in [5, 5.41) is 5.26. The van der Waals surface area contributed by atoms with E-state index in [1.54, 1.807) is 0 Å². The maximum atomic E-state index is 11.6. The van der Waals surface area contributed by atoms with E-state index < -0.39 is 6.04 Å². The van der Waals surface area contributed by atoms with E-state index in [1.165, 1.54) is 18.7 Å². The standard InChI is InChI=1S/C11H20N2O3S2/c1-7(2)11(16)18-5-4-12-10(15)9(6-17)13-8(3)14/h7,9,17H,4-6H2,1-3H3,(H,12,15)(H,13,14)/t9-/m0/s1. The minimum atomic E-state index is -0.628. The topological polar surface area (TPSA) is 75.3 Å². The van der Waals surface area contributed by atoms with Crippen LogP contribution in [0.5, 0.6) is 0 Å². The van der Waals surface area contributed by atoms with Gasteiger partial charge in [-0.3, -0.25) is 14.4 Å². The van der Waals surface area contributed by atoms with E-state index in [0.717, 1.165) is 0 Å². The fourth-order valence-electron chi connectivity index (χ4n) is 1.06. The first-order valence-corrected chi connectivity index (χ1v) is 7.32. The van der Waals surface area contributed by atoms with Gasteiger partial charge < -0.3 is 10.6 Å². The second-order valence-corrected chi connectivity index (χ2v) is 5.51. The zero-order chi connectivity index (χ0) is 14.1. The van der Waals surface area contributed by atoms with E-state index in [-0.39, 0.29) is 28.6 Å². The van der Waals surface area contributed by atoms with Crippen molar-refractivity contribution in [1.29, 1.82) is 0 Å². The summed E-state index contributed by atoms with van der Waals surface area (Å²) in [5.74, 6) is 0.215. The molecule has 18 heavy (non-hydrogen) atoms. The van der Waals surface area contributed by atoms with E-state index >= 15 is 0 Å². The van der Waals surface area contributed by atoms with Crippen molar-refractivity contribution in [3.63, 3.8) is 0 Å². The van der Waals surface area contributed by atoms with Gasteiger partial charge in [-0.2, -0.15) is 12.6 Å². The Morgan fingerprint density at radius 3 is 2.33 bits per heavy atom. The van der Waals surface area contributed by atoms with Gasteiger partial charge >= 0.3 is 0 Å². The molecule has 0 radical (unpaired) electrons. The van der Waals surface area contributed by atoms with Gasteiger partial charge in [0.05, 0.1) is 0 Å². The molecule has 0 aliphatic carbocycles. The number of hydrogen-bond donors (Lipinski definition) is 3. The van der Waals surface area contributed by atoms with Crippen LogP contribution in [0.1, 0.15) is 20.8 Å². The van der Waals surface area contributed by atoms with Crippen LogP contribution in [0.2, 0.25) is 0 Å². The number of amides is 2. The maximum Gasteiger partial charge on any atom is 0.243 e. The highest BCUT2D eigenvalue weighted by molar-refractivity contribution is 8.13. The molecule has 1 atom stereocenters. The SMILES string of the molecule is CC(=O)N[C@@H](CS)C(=O)NCCSC(=O)C(C)C. The fourth-order valence-corrected chi connectivity index (χ4v) is 2.05. The molecule has 2 amide bonds. The molecule has 0 aromatic carbocycles. The van der Waals surface area contributed by atoms with Crippen LogP contribution in [0, 0.1) is 5.92 Å². The number of hydrogen-bond acceptors (Lipinski definition) is 5. The first kappa shape index (κ1) is 17.3. The Morgan fingerprint density at radius 1 is 1.28 bits per heavy atom. The molecule has 0 aliphatic rings. The molecule has 0 aromatic heterocycles. The van der Waals surface area contributed by atoms with Crippen LogP contribution in [0.25, 0.3) is 0 Å². The largest absolute Gasteiger partial charge is 0.353 e. The lowest BCUT2D eigenvalue weighted by atomic mass is 10.3. The lowest BCUT2D eigenvalue weighted by molar-refractivity contribution is -0.127. The number of rotatable bonds is 7. The second-order valence-electron chi connectivity index (χ2n) is 4.05.